The van der Waals surface area contributed by atoms with Crippen LogP contribution in [0.3, 0.4) is 0 Å². The fourth-order valence-corrected chi connectivity index (χ4v) is 3.58. The number of carbonyl (C=O) groups excluding carboxylic acids is 1. The number of hydrogen-bond donors (Lipinski definition) is 2. The average Bonchev–Trinajstić information content (AvgIpc) is 2.98. The van der Waals surface area contributed by atoms with E-state index in [1.807, 2.05) is 0 Å². The summed E-state index contributed by atoms with van der Waals surface area (Å²) in [7, 11) is -3.62. The predicted octanol–water partition coefficient (Wildman–Crippen LogP) is 3.84. The normalized spacial score (nSPS) is 12.7. The second-order valence-corrected chi connectivity index (χ2v) is 8.27. The predicted molar refractivity (Wildman–Crippen MR) is 107 cm³/mol. The van der Waals surface area contributed by atoms with Crippen molar-refractivity contribution < 1.29 is 31.9 Å². The Kier molecular flexibility index (Phi) is 5.63. The Morgan fingerprint density at radius 1 is 1.28 bits per heavy atom. The number of hydrogen-bond acceptors (Lipinski definition) is 6. The summed E-state index contributed by atoms with van der Waals surface area (Å²) < 4.78 is 50.0. The zero-order chi connectivity index (χ0) is 21.3. The number of sulfonamides is 1. The molecule has 7 nitrogen and oxygen atoms in total. The molecule has 0 aliphatic heterocycles. The molecule has 154 valence electrons. The Balaban J connectivity index is 2.32. The molecule has 1 atom stereocenters. The van der Waals surface area contributed by atoms with Crippen LogP contribution in [0.2, 0.25) is 0 Å². The van der Waals surface area contributed by atoms with Crippen LogP contribution in [-0.4, -0.2) is 32.4 Å². The van der Waals surface area contributed by atoms with Gasteiger partial charge >= 0.3 is 5.97 Å². The molecule has 0 unspecified atom stereocenters. The zero-order valence-electron chi connectivity index (χ0n) is 16.0. The van der Waals surface area contributed by atoms with Crippen LogP contribution in [0.5, 0.6) is 0 Å². The molecular weight excluding hydrogens is 401 g/mol. The first-order valence-electron chi connectivity index (χ1n) is 8.80. The monoisotopic (exact) mass is 421 g/mol. The van der Waals surface area contributed by atoms with Crippen molar-refractivity contribution in [3.8, 4) is 11.3 Å². The van der Waals surface area contributed by atoms with Crippen LogP contribution in [0.4, 0.5) is 10.1 Å². The second kappa shape index (κ2) is 7.84. The minimum Gasteiger partial charge on any atom is -0.462 e. The maximum Gasteiger partial charge on any atom is 0.342 e. The van der Waals surface area contributed by atoms with E-state index in [1.54, 1.807) is 6.92 Å². The average molecular weight is 421 g/mol. The molecule has 29 heavy (non-hydrogen) atoms. The van der Waals surface area contributed by atoms with E-state index in [0.29, 0.717) is 10.9 Å². The highest BCUT2D eigenvalue weighted by Gasteiger charge is 2.26. The van der Waals surface area contributed by atoms with Crippen molar-refractivity contribution >= 4 is 32.6 Å². The molecule has 0 spiro atoms. The van der Waals surface area contributed by atoms with E-state index in [1.165, 1.54) is 43.3 Å². The number of anilines is 1. The third-order valence-corrected chi connectivity index (χ3v) is 4.78. The molecule has 0 aliphatic carbocycles. The Hall–Kier alpha value is -2.91. The van der Waals surface area contributed by atoms with Crippen LogP contribution in [0.1, 0.15) is 35.9 Å². The molecule has 1 aromatic heterocycles. The lowest BCUT2D eigenvalue weighted by molar-refractivity contribution is 0.0528. The van der Waals surface area contributed by atoms with Crippen LogP contribution >= 0.6 is 0 Å². The number of ether oxygens (including phenoxy) is 1. The van der Waals surface area contributed by atoms with E-state index in [4.69, 9.17) is 9.15 Å². The van der Waals surface area contributed by atoms with Crippen LogP contribution in [-0.2, 0) is 14.8 Å². The smallest absolute Gasteiger partial charge is 0.342 e. The van der Waals surface area contributed by atoms with Gasteiger partial charge in [-0.25, -0.2) is 17.6 Å². The Labute approximate surface area is 167 Å². The van der Waals surface area contributed by atoms with Gasteiger partial charge in [0, 0.05) is 22.6 Å². The highest BCUT2D eigenvalue weighted by Crippen LogP contribution is 2.38. The minimum absolute atomic E-state index is 0.112. The van der Waals surface area contributed by atoms with E-state index < -0.39 is 27.9 Å². The minimum atomic E-state index is -3.62. The van der Waals surface area contributed by atoms with Gasteiger partial charge in [-0.3, -0.25) is 4.72 Å². The maximum atomic E-state index is 13.3. The molecule has 0 aliphatic rings. The number of halogens is 1. The molecule has 3 aromatic rings. The number of furan rings is 1. The second-order valence-electron chi connectivity index (χ2n) is 6.52. The lowest BCUT2D eigenvalue weighted by Crippen LogP contribution is -2.12. The van der Waals surface area contributed by atoms with E-state index >= 15 is 0 Å². The van der Waals surface area contributed by atoms with E-state index in [-0.39, 0.29) is 34.8 Å². The van der Waals surface area contributed by atoms with Crippen molar-refractivity contribution in [3.05, 3.63) is 53.3 Å². The zero-order valence-corrected chi connectivity index (χ0v) is 16.8. The van der Waals surface area contributed by atoms with Crippen molar-refractivity contribution in [3.63, 3.8) is 0 Å². The summed E-state index contributed by atoms with van der Waals surface area (Å²) in [5, 5.41) is 10.5. The number of rotatable bonds is 6. The van der Waals surface area contributed by atoms with Crippen molar-refractivity contribution in [1.29, 1.82) is 0 Å². The topological polar surface area (TPSA) is 106 Å². The summed E-state index contributed by atoms with van der Waals surface area (Å²) in [6.45, 7) is 3.26. The molecule has 0 radical (unpaired) electrons. The molecule has 0 saturated heterocycles. The number of benzene rings is 2. The van der Waals surface area contributed by atoms with Gasteiger partial charge in [0.05, 0.1) is 24.7 Å². The first kappa shape index (κ1) is 20.8. The number of aliphatic hydroxyl groups excluding tert-OH is 1. The summed E-state index contributed by atoms with van der Waals surface area (Å²) in [5.41, 5.74) is 1.16. The highest BCUT2D eigenvalue weighted by molar-refractivity contribution is 7.92. The van der Waals surface area contributed by atoms with Crippen molar-refractivity contribution in [1.82, 2.24) is 0 Å². The molecule has 9 heteroatoms. The first-order chi connectivity index (χ1) is 13.6. The number of esters is 1. The van der Waals surface area contributed by atoms with Gasteiger partial charge in [-0.05, 0) is 44.2 Å². The van der Waals surface area contributed by atoms with Crippen LogP contribution in [0.15, 0.2) is 40.8 Å². The maximum absolute atomic E-state index is 13.3. The molecular formula is C20H20FNO6S. The highest BCUT2D eigenvalue weighted by atomic mass is 32.2. The van der Waals surface area contributed by atoms with Gasteiger partial charge in [-0.15, -0.1) is 0 Å². The molecule has 0 fully saturated rings. The Morgan fingerprint density at radius 3 is 2.48 bits per heavy atom. The summed E-state index contributed by atoms with van der Waals surface area (Å²) in [6, 6.07) is 8.26. The quantitative estimate of drug-likeness (QED) is 0.586. The van der Waals surface area contributed by atoms with Gasteiger partial charge in [0.25, 0.3) is 0 Å². The number of aliphatic hydroxyl groups is 1. The third kappa shape index (κ3) is 4.41. The van der Waals surface area contributed by atoms with Gasteiger partial charge in [-0.2, -0.15) is 0 Å². The van der Waals surface area contributed by atoms with Crippen molar-refractivity contribution in [2.24, 2.45) is 0 Å². The molecule has 2 N–H and O–H groups in total. The SMILES string of the molecule is CCOC(=O)c1c(-c2ccc(F)cc2)oc2cc(NS(C)(=O)=O)c([C@H](C)O)cc12. The fourth-order valence-electron chi connectivity index (χ4n) is 3.00. The van der Waals surface area contributed by atoms with Crippen LogP contribution in [0.25, 0.3) is 22.3 Å². The summed E-state index contributed by atoms with van der Waals surface area (Å²) in [6.07, 6.45) is -0.0399. The summed E-state index contributed by atoms with van der Waals surface area (Å²) >= 11 is 0. The van der Waals surface area contributed by atoms with Crippen LogP contribution in [0, 0.1) is 5.82 Å². The van der Waals surface area contributed by atoms with Crippen LogP contribution < -0.4 is 4.72 Å². The van der Waals surface area contributed by atoms with Gasteiger partial charge in [0.2, 0.25) is 10.0 Å². The lowest BCUT2D eigenvalue weighted by atomic mass is 10.0. The standard InChI is InChI=1S/C20H20FNO6S/c1-4-27-20(24)18-15-9-14(11(2)23)16(22-29(3,25)26)10-17(15)28-19(18)12-5-7-13(21)8-6-12/h5-11,22-23H,4H2,1-3H3/t11-/m0/s1. The molecule has 0 bridgehead atoms. The lowest BCUT2D eigenvalue weighted by Gasteiger charge is -2.13. The molecule has 0 amide bonds. The van der Waals surface area contributed by atoms with E-state index in [0.717, 1.165) is 6.26 Å². The summed E-state index contributed by atoms with van der Waals surface area (Å²) in [4.78, 5) is 12.6. The fraction of sp³-hybridized carbons (Fsp3) is 0.250. The largest absolute Gasteiger partial charge is 0.462 e. The van der Waals surface area contributed by atoms with Crippen molar-refractivity contribution in [2.45, 2.75) is 20.0 Å². The van der Waals surface area contributed by atoms with Gasteiger partial charge in [-0.1, -0.05) is 0 Å². The first-order valence-corrected chi connectivity index (χ1v) is 10.7. The Bertz CT molecular complexity index is 1170. The summed E-state index contributed by atoms with van der Waals surface area (Å²) in [5.74, 6) is -0.934. The van der Waals surface area contributed by atoms with Gasteiger partial charge in [0.15, 0.2) is 0 Å². The van der Waals surface area contributed by atoms with Gasteiger partial charge < -0.3 is 14.3 Å². The number of nitrogens with one attached hydrogen (secondary N) is 1. The van der Waals surface area contributed by atoms with E-state index in [9.17, 15) is 22.7 Å². The van der Waals surface area contributed by atoms with Crippen molar-refractivity contribution in [2.75, 3.05) is 17.6 Å². The Morgan fingerprint density at radius 2 is 1.93 bits per heavy atom. The molecule has 0 saturated carbocycles. The molecule has 3 rings (SSSR count). The van der Waals surface area contributed by atoms with E-state index in [2.05, 4.69) is 4.72 Å². The molecule has 2 aromatic carbocycles. The third-order valence-electron chi connectivity index (χ3n) is 4.19. The molecule has 1 heterocycles. The number of fused-ring (bicyclic) bond motifs is 1. The number of carbonyl (C=O) groups is 1. The van der Waals surface area contributed by atoms with Gasteiger partial charge in [0.1, 0.15) is 22.7 Å².